The smallest absolute Gasteiger partial charge is 0.191 e. The number of guanidine groups is 1. The summed E-state index contributed by atoms with van der Waals surface area (Å²) >= 11 is 0. The number of nitrogens with one attached hydrogen (secondary N) is 2. The SMILES string of the molecule is CCNC(=NCc1cccc(C)n1)NCCc1cc(C)ccc1OC.I. The zero-order chi connectivity index (χ0) is 18.1. The van der Waals surface area contributed by atoms with Gasteiger partial charge in [0, 0.05) is 18.8 Å². The highest BCUT2D eigenvalue weighted by Gasteiger charge is 2.04. The zero-order valence-corrected chi connectivity index (χ0v) is 18.3. The van der Waals surface area contributed by atoms with Gasteiger partial charge in [-0.2, -0.15) is 0 Å². The van der Waals surface area contributed by atoms with Crippen LogP contribution in [0.5, 0.6) is 5.75 Å². The maximum Gasteiger partial charge on any atom is 0.191 e. The summed E-state index contributed by atoms with van der Waals surface area (Å²) < 4.78 is 5.44. The minimum Gasteiger partial charge on any atom is -0.496 e. The zero-order valence-electron chi connectivity index (χ0n) is 16.0. The summed E-state index contributed by atoms with van der Waals surface area (Å²) in [6, 6.07) is 12.3. The van der Waals surface area contributed by atoms with E-state index >= 15 is 0 Å². The molecule has 5 nitrogen and oxygen atoms in total. The van der Waals surface area contributed by atoms with E-state index in [1.165, 1.54) is 11.1 Å². The number of pyridine rings is 1. The summed E-state index contributed by atoms with van der Waals surface area (Å²) in [7, 11) is 1.71. The van der Waals surface area contributed by atoms with E-state index in [0.29, 0.717) is 6.54 Å². The first kappa shape index (κ1) is 22.2. The van der Waals surface area contributed by atoms with Gasteiger partial charge in [0.25, 0.3) is 0 Å². The fourth-order valence-electron chi connectivity index (χ4n) is 2.61. The van der Waals surface area contributed by atoms with Gasteiger partial charge >= 0.3 is 0 Å². The predicted molar refractivity (Wildman–Crippen MR) is 119 cm³/mol. The average Bonchev–Trinajstić information content (AvgIpc) is 2.60. The van der Waals surface area contributed by atoms with Crippen LogP contribution in [0.1, 0.15) is 29.4 Å². The number of methoxy groups -OCH3 is 1. The summed E-state index contributed by atoms with van der Waals surface area (Å²) in [4.78, 5) is 9.10. The van der Waals surface area contributed by atoms with Crippen LogP contribution in [0.4, 0.5) is 0 Å². The number of nitrogens with zero attached hydrogens (tertiary/aromatic N) is 2. The molecule has 0 bridgehead atoms. The van der Waals surface area contributed by atoms with Crippen LogP contribution < -0.4 is 15.4 Å². The molecule has 0 saturated carbocycles. The van der Waals surface area contributed by atoms with E-state index in [1.807, 2.05) is 31.2 Å². The minimum absolute atomic E-state index is 0. The van der Waals surface area contributed by atoms with Crippen molar-refractivity contribution < 1.29 is 4.74 Å². The van der Waals surface area contributed by atoms with Crippen molar-refractivity contribution >= 4 is 29.9 Å². The molecule has 0 aliphatic rings. The molecule has 142 valence electrons. The fraction of sp³-hybridized carbons (Fsp3) is 0.400. The van der Waals surface area contributed by atoms with Crippen molar-refractivity contribution in [2.45, 2.75) is 33.7 Å². The summed E-state index contributed by atoms with van der Waals surface area (Å²) in [6.45, 7) is 8.31. The Labute approximate surface area is 173 Å². The molecule has 0 amide bonds. The molecule has 2 N–H and O–H groups in total. The van der Waals surface area contributed by atoms with Crippen molar-refractivity contribution in [3.8, 4) is 5.75 Å². The Morgan fingerprint density at radius 2 is 1.96 bits per heavy atom. The topological polar surface area (TPSA) is 58.5 Å². The molecule has 6 heteroatoms. The quantitative estimate of drug-likeness (QED) is 0.370. The van der Waals surface area contributed by atoms with Crippen LogP contribution in [0.25, 0.3) is 0 Å². The molecule has 0 fully saturated rings. The number of benzene rings is 1. The van der Waals surface area contributed by atoms with E-state index in [9.17, 15) is 0 Å². The molecular formula is C20H29IN4O. The van der Waals surface area contributed by atoms with Crippen molar-refractivity contribution in [2.24, 2.45) is 4.99 Å². The lowest BCUT2D eigenvalue weighted by Gasteiger charge is -2.13. The molecule has 1 heterocycles. The van der Waals surface area contributed by atoms with Crippen molar-refractivity contribution in [3.63, 3.8) is 0 Å². The number of ether oxygens (including phenoxy) is 1. The highest BCUT2D eigenvalue weighted by molar-refractivity contribution is 14.0. The van der Waals surface area contributed by atoms with Gasteiger partial charge in [0.05, 0.1) is 19.3 Å². The van der Waals surface area contributed by atoms with Gasteiger partial charge in [-0.1, -0.05) is 23.8 Å². The Hall–Kier alpha value is -1.83. The van der Waals surface area contributed by atoms with Crippen molar-refractivity contribution in [1.29, 1.82) is 0 Å². The Morgan fingerprint density at radius 1 is 1.15 bits per heavy atom. The number of halogens is 1. The van der Waals surface area contributed by atoms with Gasteiger partial charge in [-0.15, -0.1) is 24.0 Å². The van der Waals surface area contributed by atoms with Crippen LogP contribution in [-0.4, -0.2) is 31.1 Å². The van der Waals surface area contributed by atoms with Crippen molar-refractivity contribution in [3.05, 3.63) is 58.9 Å². The molecule has 26 heavy (non-hydrogen) atoms. The summed E-state index contributed by atoms with van der Waals surface area (Å²) in [5.74, 6) is 1.73. The number of aryl methyl sites for hydroxylation is 2. The standard InChI is InChI=1S/C20H28N4O.HI/c1-5-21-20(23-14-18-8-6-7-16(3)24-18)22-12-11-17-13-15(2)9-10-19(17)25-4;/h6-10,13H,5,11-12,14H2,1-4H3,(H2,21,22,23);1H. The van der Waals surface area contributed by atoms with E-state index in [4.69, 9.17) is 4.74 Å². The van der Waals surface area contributed by atoms with Gasteiger partial charge in [0.1, 0.15) is 5.75 Å². The largest absolute Gasteiger partial charge is 0.496 e. The van der Waals surface area contributed by atoms with Gasteiger partial charge < -0.3 is 15.4 Å². The van der Waals surface area contributed by atoms with Crippen LogP contribution in [0.2, 0.25) is 0 Å². The number of aliphatic imine (C=N–C) groups is 1. The lowest BCUT2D eigenvalue weighted by Crippen LogP contribution is -2.38. The third-order valence-electron chi connectivity index (χ3n) is 3.81. The number of hydrogen-bond acceptors (Lipinski definition) is 3. The van der Waals surface area contributed by atoms with E-state index in [1.54, 1.807) is 7.11 Å². The molecule has 2 rings (SSSR count). The second kappa shape index (κ2) is 11.7. The second-order valence-electron chi connectivity index (χ2n) is 5.96. The Morgan fingerprint density at radius 3 is 2.65 bits per heavy atom. The van der Waals surface area contributed by atoms with E-state index < -0.39 is 0 Å². The normalized spacial score (nSPS) is 10.8. The molecule has 0 aliphatic carbocycles. The van der Waals surface area contributed by atoms with Gasteiger partial charge in [0.15, 0.2) is 5.96 Å². The molecule has 0 saturated heterocycles. The lowest BCUT2D eigenvalue weighted by molar-refractivity contribution is 0.409. The van der Waals surface area contributed by atoms with Gasteiger partial charge in [-0.05, 0) is 51.0 Å². The third-order valence-corrected chi connectivity index (χ3v) is 3.81. The highest BCUT2D eigenvalue weighted by Crippen LogP contribution is 2.19. The van der Waals surface area contributed by atoms with Crippen LogP contribution >= 0.6 is 24.0 Å². The molecule has 0 aliphatic heterocycles. The molecule has 1 aromatic carbocycles. The van der Waals surface area contributed by atoms with Gasteiger partial charge in [0.2, 0.25) is 0 Å². The van der Waals surface area contributed by atoms with Crippen LogP contribution in [0, 0.1) is 13.8 Å². The minimum atomic E-state index is 0. The van der Waals surface area contributed by atoms with Crippen LogP contribution in [-0.2, 0) is 13.0 Å². The van der Waals surface area contributed by atoms with E-state index in [0.717, 1.165) is 42.6 Å². The molecule has 0 unspecified atom stereocenters. The summed E-state index contributed by atoms with van der Waals surface area (Å²) in [6.07, 6.45) is 0.873. The predicted octanol–water partition coefficient (Wildman–Crippen LogP) is 3.62. The second-order valence-corrected chi connectivity index (χ2v) is 5.96. The molecule has 1 aromatic heterocycles. The number of aromatic nitrogens is 1. The van der Waals surface area contributed by atoms with Gasteiger partial charge in [-0.3, -0.25) is 4.98 Å². The number of rotatable bonds is 7. The van der Waals surface area contributed by atoms with Gasteiger partial charge in [-0.25, -0.2) is 4.99 Å². The molecule has 0 radical (unpaired) electrons. The summed E-state index contributed by atoms with van der Waals surface area (Å²) in [5, 5.41) is 6.65. The van der Waals surface area contributed by atoms with E-state index in [2.05, 4.69) is 46.6 Å². The third kappa shape index (κ3) is 7.19. The molecular weight excluding hydrogens is 439 g/mol. The maximum absolute atomic E-state index is 5.44. The maximum atomic E-state index is 5.44. The monoisotopic (exact) mass is 468 g/mol. The molecule has 2 aromatic rings. The van der Waals surface area contributed by atoms with Crippen LogP contribution in [0.3, 0.4) is 0 Å². The Bertz CT molecular complexity index is 719. The first-order valence-corrected chi connectivity index (χ1v) is 8.70. The Balaban J connectivity index is 0.00000338. The fourth-order valence-corrected chi connectivity index (χ4v) is 2.61. The lowest BCUT2D eigenvalue weighted by atomic mass is 10.1. The summed E-state index contributed by atoms with van der Waals surface area (Å²) in [5.41, 5.74) is 4.42. The van der Waals surface area contributed by atoms with Crippen molar-refractivity contribution in [1.82, 2.24) is 15.6 Å². The van der Waals surface area contributed by atoms with Crippen molar-refractivity contribution in [2.75, 3.05) is 20.2 Å². The Kier molecular flexibility index (Phi) is 10.0. The number of hydrogen-bond donors (Lipinski definition) is 2. The highest BCUT2D eigenvalue weighted by atomic mass is 127. The molecule has 0 spiro atoms. The first-order valence-electron chi connectivity index (χ1n) is 8.70. The van der Waals surface area contributed by atoms with Crippen LogP contribution in [0.15, 0.2) is 41.4 Å². The molecule has 0 atom stereocenters. The van der Waals surface area contributed by atoms with E-state index in [-0.39, 0.29) is 24.0 Å². The average molecular weight is 468 g/mol. The first-order chi connectivity index (χ1) is 12.1.